The first kappa shape index (κ1) is 12.1. The van der Waals surface area contributed by atoms with Gasteiger partial charge in [-0.2, -0.15) is 0 Å². The molecule has 2 aliphatic rings. The molecule has 1 saturated heterocycles. The SMILES string of the molecule is Cc1nc2cc3c(nc2n1CC1CCOC1)NCCC3. The van der Waals surface area contributed by atoms with E-state index >= 15 is 0 Å². The molecule has 1 fully saturated rings. The Morgan fingerprint density at radius 1 is 1.45 bits per heavy atom. The first-order valence-corrected chi connectivity index (χ1v) is 7.49. The van der Waals surface area contributed by atoms with Gasteiger partial charge in [-0.1, -0.05) is 0 Å². The highest BCUT2D eigenvalue weighted by atomic mass is 16.5. The summed E-state index contributed by atoms with van der Waals surface area (Å²) >= 11 is 0. The minimum absolute atomic E-state index is 0.594. The fraction of sp³-hybridized carbons (Fsp3) is 0.600. The molecule has 106 valence electrons. The summed E-state index contributed by atoms with van der Waals surface area (Å²) in [5.41, 5.74) is 3.35. The summed E-state index contributed by atoms with van der Waals surface area (Å²) in [6.45, 7) is 5.82. The average Bonchev–Trinajstić information content (AvgIpc) is 3.06. The van der Waals surface area contributed by atoms with Crippen LogP contribution in [0.1, 0.15) is 24.2 Å². The van der Waals surface area contributed by atoms with E-state index in [4.69, 9.17) is 14.7 Å². The number of imidazole rings is 1. The number of nitrogens with one attached hydrogen (secondary N) is 1. The second-order valence-electron chi connectivity index (χ2n) is 5.87. The summed E-state index contributed by atoms with van der Waals surface area (Å²) < 4.78 is 7.74. The molecular weight excluding hydrogens is 252 g/mol. The van der Waals surface area contributed by atoms with Crippen molar-refractivity contribution in [3.63, 3.8) is 0 Å². The predicted molar refractivity (Wildman–Crippen MR) is 78.0 cm³/mol. The molecule has 0 saturated carbocycles. The van der Waals surface area contributed by atoms with Gasteiger partial charge in [0.1, 0.15) is 17.2 Å². The molecule has 2 aromatic rings. The van der Waals surface area contributed by atoms with Crippen LogP contribution in [-0.4, -0.2) is 34.3 Å². The van der Waals surface area contributed by atoms with E-state index in [2.05, 4.69) is 22.9 Å². The number of aromatic nitrogens is 3. The number of ether oxygens (including phenoxy) is 1. The van der Waals surface area contributed by atoms with Gasteiger partial charge in [-0.25, -0.2) is 9.97 Å². The molecule has 1 unspecified atom stereocenters. The molecule has 4 heterocycles. The van der Waals surface area contributed by atoms with E-state index < -0.39 is 0 Å². The fourth-order valence-corrected chi connectivity index (χ4v) is 3.24. The highest BCUT2D eigenvalue weighted by Gasteiger charge is 2.20. The number of hydrogen-bond acceptors (Lipinski definition) is 4. The molecule has 0 aliphatic carbocycles. The Morgan fingerprint density at radius 2 is 2.40 bits per heavy atom. The van der Waals surface area contributed by atoms with Crippen molar-refractivity contribution >= 4 is 17.0 Å². The summed E-state index contributed by atoms with van der Waals surface area (Å²) in [4.78, 5) is 9.52. The van der Waals surface area contributed by atoms with Gasteiger partial charge in [0.05, 0.1) is 6.61 Å². The minimum atomic E-state index is 0.594. The van der Waals surface area contributed by atoms with Gasteiger partial charge < -0.3 is 14.6 Å². The van der Waals surface area contributed by atoms with Gasteiger partial charge >= 0.3 is 0 Å². The van der Waals surface area contributed by atoms with Crippen LogP contribution >= 0.6 is 0 Å². The Labute approximate surface area is 118 Å². The Bertz CT molecular complexity index is 643. The lowest BCUT2D eigenvalue weighted by molar-refractivity contribution is 0.182. The van der Waals surface area contributed by atoms with Gasteiger partial charge in [-0.05, 0) is 37.8 Å². The third-order valence-corrected chi connectivity index (χ3v) is 4.37. The van der Waals surface area contributed by atoms with E-state index in [1.165, 1.54) is 12.0 Å². The summed E-state index contributed by atoms with van der Waals surface area (Å²) in [7, 11) is 0. The largest absolute Gasteiger partial charge is 0.381 e. The van der Waals surface area contributed by atoms with Crippen LogP contribution in [0.2, 0.25) is 0 Å². The van der Waals surface area contributed by atoms with Crippen molar-refractivity contribution in [1.82, 2.24) is 14.5 Å². The lowest BCUT2D eigenvalue weighted by Crippen LogP contribution is -2.15. The minimum Gasteiger partial charge on any atom is -0.381 e. The number of rotatable bonds is 2. The number of hydrogen-bond donors (Lipinski definition) is 1. The van der Waals surface area contributed by atoms with E-state index in [1.807, 2.05) is 0 Å². The number of anilines is 1. The maximum Gasteiger partial charge on any atom is 0.162 e. The molecule has 5 nitrogen and oxygen atoms in total. The Kier molecular flexibility index (Phi) is 2.88. The van der Waals surface area contributed by atoms with E-state index in [1.54, 1.807) is 0 Å². The Morgan fingerprint density at radius 3 is 3.25 bits per heavy atom. The quantitative estimate of drug-likeness (QED) is 0.910. The number of aryl methyl sites for hydroxylation is 2. The highest BCUT2D eigenvalue weighted by molar-refractivity contribution is 5.76. The zero-order valence-electron chi connectivity index (χ0n) is 11.9. The van der Waals surface area contributed by atoms with Crippen LogP contribution in [0.25, 0.3) is 11.2 Å². The highest BCUT2D eigenvalue weighted by Crippen LogP contribution is 2.26. The van der Waals surface area contributed by atoms with Crippen LogP contribution in [0.15, 0.2) is 6.07 Å². The zero-order valence-corrected chi connectivity index (χ0v) is 11.9. The van der Waals surface area contributed by atoms with Crippen LogP contribution in [0.4, 0.5) is 5.82 Å². The molecule has 0 radical (unpaired) electrons. The van der Waals surface area contributed by atoms with E-state index in [9.17, 15) is 0 Å². The summed E-state index contributed by atoms with van der Waals surface area (Å²) in [5.74, 6) is 2.70. The summed E-state index contributed by atoms with van der Waals surface area (Å²) in [6, 6.07) is 2.21. The van der Waals surface area contributed by atoms with Crippen LogP contribution in [0.5, 0.6) is 0 Å². The smallest absolute Gasteiger partial charge is 0.162 e. The van der Waals surface area contributed by atoms with E-state index in [-0.39, 0.29) is 0 Å². The molecule has 0 amide bonds. The van der Waals surface area contributed by atoms with Crippen LogP contribution in [0, 0.1) is 12.8 Å². The molecular formula is C15H20N4O. The number of pyridine rings is 1. The lowest BCUT2D eigenvalue weighted by atomic mass is 10.1. The number of fused-ring (bicyclic) bond motifs is 2. The molecule has 1 atom stereocenters. The predicted octanol–water partition coefficient (Wildman–Crippen LogP) is 2.13. The van der Waals surface area contributed by atoms with Gasteiger partial charge in [-0.3, -0.25) is 0 Å². The van der Waals surface area contributed by atoms with Crippen molar-refractivity contribution in [2.24, 2.45) is 5.92 Å². The molecule has 0 spiro atoms. The standard InChI is InChI=1S/C15H20N4O/c1-10-17-13-7-12-3-2-5-16-14(12)18-15(13)19(10)8-11-4-6-20-9-11/h7,11H,2-6,8-9H2,1H3,(H,16,18). The molecule has 4 rings (SSSR count). The van der Waals surface area contributed by atoms with Crippen molar-refractivity contribution in [3.05, 3.63) is 17.5 Å². The third kappa shape index (κ3) is 1.97. The van der Waals surface area contributed by atoms with Gasteiger partial charge in [-0.15, -0.1) is 0 Å². The van der Waals surface area contributed by atoms with E-state index in [0.29, 0.717) is 5.92 Å². The van der Waals surface area contributed by atoms with Gasteiger partial charge in [0.2, 0.25) is 0 Å². The monoisotopic (exact) mass is 272 g/mol. The molecule has 2 aromatic heterocycles. The molecule has 5 heteroatoms. The van der Waals surface area contributed by atoms with Gasteiger partial charge in [0.15, 0.2) is 5.65 Å². The number of nitrogens with zero attached hydrogens (tertiary/aromatic N) is 3. The normalized spacial score (nSPS) is 21.9. The average molecular weight is 272 g/mol. The Balaban J connectivity index is 1.77. The fourth-order valence-electron chi connectivity index (χ4n) is 3.24. The molecule has 2 aliphatic heterocycles. The Hall–Kier alpha value is -1.62. The second-order valence-corrected chi connectivity index (χ2v) is 5.87. The third-order valence-electron chi connectivity index (χ3n) is 4.37. The first-order valence-electron chi connectivity index (χ1n) is 7.49. The second kappa shape index (κ2) is 4.74. The van der Waals surface area contributed by atoms with E-state index in [0.717, 1.165) is 62.0 Å². The lowest BCUT2D eigenvalue weighted by Gasteiger charge is -2.17. The topological polar surface area (TPSA) is 52.0 Å². The van der Waals surface area contributed by atoms with Crippen molar-refractivity contribution < 1.29 is 4.74 Å². The first-order chi connectivity index (χ1) is 9.81. The van der Waals surface area contributed by atoms with Crippen molar-refractivity contribution in [3.8, 4) is 0 Å². The van der Waals surface area contributed by atoms with Crippen molar-refractivity contribution in [2.45, 2.75) is 32.7 Å². The van der Waals surface area contributed by atoms with Crippen LogP contribution < -0.4 is 5.32 Å². The maximum atomic E-state index is 5.48. The van der Waals surface area contributed by atoms with Crippen LogP contribution in [-0.2, 0) is 17.7 Å². The summed E-state index contributed by atoms with van der Waals surface area (Å²) in [6.07, 6.45) is 3.43. The molecule has 1 N–H and O–H groups in total. The van der Waals surface area contributed by atoms with Gasteiger partial charge in [0, 0.05) is 25.6 Å². The molecule has 20 heavy (non-hydrogen) atoms. The molecule has 0 aromatic carbocycles. The van der Waals surface area contributed by atoms with Gasteiger partial charge in [0.25, 0.3) is 0 Å². The summed E-state index contributed by atoms with van der Waals surface area (Å²) in [5, 5.41) is 3.41. The zero-order chi connectivity index (χ0) is 13.5. The molecule has 0 bridgehead atoms. The maximum absolute atomic E-state index is 5.48. The van der Waals surface area contributed by atoms with Crippen LogP contribution in [0.3, 0.4) is 0 Å². The van der Waals surface area contributed by atoms with Crippen molar-refractivity contribution in [2.75, 3.05) is 25.1 Å². The van der Waals surface area contributed by atoms with Crippen molar-refractivity contribution in [1.29, 1.82) is 0 Å².